The third-order valence-electron chi connectivity index (χ3n) is 4.03. The van der Waals surface area contributed by atoms with Crippen LogP contribution in [0.4, 0.5) is 5.69 Å². The molecule has 1 aliphatic rings. The van der Waals surface area contributed by atoms with Gasteiger partial charge in [-0.25, -0.2) is 0 Å². The Morgan fingerprint density at radius 1 is 1.60 bits per heavy atom. The summed E-state index contributed by atoms with van der Waals surface area (Å²) in [4.78, 5) is 12.4. The van der Waals surface area contributed by atoms with Gasteiger partial charge in [0.2, 0.25) is 0 Å². The van der Waals surface area contributed by atoms with Crippen molar-refractivity contribution in [3.63, 3.8) is 0 Å². The summed E-state index contributed by atoms with van der Waals surface area (Å²) < 4.78 is 0.775. The van der Waals surface area contributed by atoms with Crippen LogP contribution in [0.15, 0.2) is 22.7 Å². The van der Waals surface area contributed by atoms with Gasteiger partial charge in [-0.05, 0) is 52.9 Å². The molecule has 20 heavy (non-hydrogen) atoms. The van der Waals surface area contributed by atoms with Crippen molar-refractivity contribution in [1.29, 1.82) is 0 Å². The molecule has 1 aromatic rings. The van der Waals surface area contributed by atoms with Crippen LogP contribution in [0.5, 0.6) is 0 Å². The number of halogens is 1. The molecule has 0 bridgehead atoms. The van der Waals surface area contributed by atoms with E-state index in [1.54, 1.807) is 18.2 Å². The van der Waals surface area contributed by atoms with Crippen molar-refractivity contribution >= 4 is 27.5 Å². The third-order valence-corrected chi connectivity index (χ3v) is 4.75. The predicted molar refractivity (Wildman–Crippen MR) is 83.5 cm³/mol. The van der Waals surface area contributed by atoms with E-state index in [1.807, 2.05) is 0 Å². The Morgan fingerprint density at radius 2 is 2.35 bits per heavy atom. The highest BCUT2D eigenvalue weighted by Crippen LogP contribution is 2.32. The number of nitrogens with one attached hydrogen (secondary N) is 1. The normalized spacial score (nSPS) is 26.2. The summed E-state index contributed by atoms with van der Waals surface area (Å²) >= 11 is 3.31. The number of nitrogen functional groups attached to an aromatic ring is 1. The number of anilines is 1. The fourth-order valence-corrected chi connectivity index (χ4v) is 3.20. The van der Waals surface area contributed by atoms with E-state index in [-0.39, 0.29) is 12.5 Å². The molecule has 0 radical (unpaired) electrons. The number of hydrogen-bond donors (Lipinski definition) is 3. The number of rotatable bonds is 3. The smallest absolute Gasteiger partial charge is 0.251 e. The summed E-state index contributed by atoms with van der Waals surface area (Å²) in [6.07, 6.45) is 3.83. The van der Waals surface area contributed by atoms with Gasteiger partial charge in [-0.15, -0.1) is 0 Å². The summed E-state index contributed by atoms with van der Waals surface area (Å²) in [5.74, 6) is 0.346. The SMILES string of the molecule is CC1CCCC(CO)(NC(=O)c2ccc(Br)c(N)c2)C1. The van der Waals surface area contributed by atoms with E-state index in [2.05, 4.69) is 28.2 Å². The second kappa shape index (κ2) is 6.14. The molecular weight excluding hydrogens is 320 g/mol. The molecule has 1 amide bonds. The van der Waals surface area contributed by atoms with E-state index in [4.69, 9.17) is 5.73 Å². The van der Waals surface area contributed by atoms with Crippen LogP contribution < -0.4 is 11.1 Å². The van der Waals surface area contributed by atoms with Gasteiger partial charge < -0.3 is 16.2 Å². The lowest BCUT2D eigenvalue weighted by Crippen LogP contribution is -2.53. The van der Waals surface area contributed by atoms with Crippen LogP contribution in [0.1, 0.15) is 43.0 Å². The zero-order chi connectivity index (χ0) is 14.8. The highest BCUT2D eigenvalue weighted by molar-refractivity contribution is 9.10. The maximum absolute atomic E-state index is 12.4. The molecule has 2 rings (SSSR count). The molecule has 2 unspecified atom stereocenters. The Kier molecular flexibility index (Phi) is 4.70. The molecular formula is C15H21BrN2O2. The largest absolute Gasteiger partial charge is 0.398 e. The fraction of sp³-hybridized carbons (Fsp3) is 0.533. The number of carbonyl (C=O) groups excluding carboxylic acids is 1. The Hall–Kier alpha value is -1.07. The molecule has 0 aromatic heterocycles. The van der Waals surface area contributed by atoms with Crippen LogP contribution in [0, 0.1) is 5.92 Å². The second-order valence-corrected chi connectivity index (χ2v) is 6.68. The van der Waals surface area contributed by atoms with Crippen molar-refractivity contribution in [1.82, 2.24) is 5.32 Å². The first-order valence-electron chi connectivity index (χ1n) is 6.94. The van der Waals surface area contributed by atoms with Crippen LogP contribution in [0.25, 0.3) is 0 Å². The Balaban J connectivity index is 2.14. The van der Waals surface area contributed by atoms with Crippen molar-refractivity contribution < 1.29 is 9.90 Å². The van der Waals surface area contributed by atoms with Crippen molar-refractivity contribution in [2.24, 2.45) is 5.92 Å². The Labute approximate surface area is 127 Å². The minimum Gasteiger partial charge on any atom is -0.398 e. The molecule has 1 fully saturated rings. The van der Waals surface area contributed by atoms with E-state index >= 15 is 0 Å². The lowest BCUT2D eigenvalue weighted by atomic mass is 9.76. The van der Waals surface area contributed by atoms with Crippen LogP contribution >= 0.6 is 15.9 Å². The first kappa shape index (κ1) is 15.3. The standard InChI is InChI=1S/C15H21BrN2O2/c1-10-3-2-6-15(8-10,9-19)18-14(20)11-4-5-12(16)13(17)7-11/h4-5,7,10,19H,2-3,6,8-9,17H2,1H3,(H,18,20). The van der Waals surface area contributed by atoms with Gasteiger partial charge in [0.05, 0.1) is 12.1 Å². The summed E-state index contributed by atoms with van der Waals surface area (Å²) in [5.41, 5.74) is 6.37. The van der Waals surface area contributed by atoms with Gasteiger partial charge in [-0.1, -0.05) is 19.8 Å². The maximum Gasteiger partial charge on any atom is 0.251 e. The Bertz CT molecular complexity index is 507. The zero-order valence-corrected chi connectivity index (χ0v) is 13.2. The van der Waals surface area contributed by atoms with Gasteiger partial charge in [0.1, 0.15) is 0 Å². The summed E-state index contributed by atoms with van der Waals surface area (Å²) in [6.45, 7) is 2.14. The summed E-state index contributed by atoms with van der Waals surface area (Å²) in [5, 5.41) is 12.7. The number of hydrogen-bond acceptors (Lipinski definition) is 3. The fourth-order valence-electron chi connectivity index (χ4n) is 2.95. The molecule has 110 valence electrons. The first-order valence-corrected chi connectivity index (χ1v) is 7.73. The third kappa shape index (κ3) is 3.33. The number of benzene rings is 1. The van der Waals surface area contributed by atoms with Gasteiger partial charge in [-0.3, -0.25) is 4.79 Å². The quantitative estimate of drug-likeness (QED) is 0.740. The highest BCUT2D eigenvalue weighted by Gasteiger charge is 2.35. The second-order valence-electron chi connectivity index (χ2n) is 5.83. The molecule has 0 aliphatic heterocycles. The van der Waals surface area contributed by atoms with E-state index < -0.39 is 5.54 Å². The Morgan fingerprint density at radius 3 is 2.95 bits per heavy atom. The van der Waals surface area contributed by atoms with Gasteiger partial charge >= 0.3 is 0 Å². The lowest BCUT2D eigenvalue weighted by Gasteiger charge is -2.39. The van der Waals surface area contributed by atoms with Crippen LogP contribution in [-0.4, -0.2) is 23.2 Å². The average molecular weight is 341 g/mol. The van der Waals surface area contributed by atoms with Gasteiger partial charge in [0, 0.05) is 15.7 Å². The van der Waals surface area contributed by atoms with Crippen LogP contribution in [0.3, 0.4) is 0 Å². The van der Waals surface area contributed by atoms with Crippen molar-refractivity contribution in [3.05, 3.63) is 28.2 Å². The first-order chi connectivity index (χ1) is 9.46. The van der Waals surface area contributed by atoms with Gasteiger partial charge in [-0.2, -0.15) is 0 Å². The van der Waals surface area contributed by atoms with Gasteiger partial charge in [0.15, 0.2) is 0 Å². The van der Waals surface area contributed by atoms with E-state index in [0.717, 1.165) is 30.2 Å². The predicted octanol–water partition coefficient (Wildman–Crippen LogP) is 2.70. The van der Waals surface area contributed by atoms with E-state index in [9.17, 15) is 9.90 Å². The maximum atomic E-state index is 12.4. The zero-order valence-electron chi connectivity index (χ0n) is 11.7. The molecule has 4 N–H and O–H groups in total. The summed E-state index contributed by atoms with van der Waals surface area (Å²) in [6, 6.07) is 5.14. The van der Waals surface area contributed by atoms with Crippen molar-refractivity contribution in [2.75, 3.05) is 12.3 Å². The molecule has 1 aromatic carbocycles. The minimum atomic E-state index is -0.489. The van der Waals surface area contributed by atoms with Crippen LogP contribution in [-0.2, 0) is 0 Å². The van der Waals surface area contributed by atoms with Crippen LogP contribution in [0.2, 0.25) is 0 Å². The molecule has 0 saturated heterocycles. The highest BCUT2D eigenvalue weighted by atomic mass is 79.9. The number of amides is 1. The topological polar surface area (TPSA) is 75.3 Å². The van der Waals surface area contributed by atoms with Crippen molar-refractivity contribution in [3.8, 4) is 0 Å². The summed E-state index contributed by atoms with van der Waals surface area (Å²) in [7, 11) is 0. The lowest BCUT2D eigenvalue weighted by molar-refractivity contribution is 0.0697. The van der Waals surface area contributed by atoms with E-state index in [1.165, 1.54) is 0 Å². The monoisotopic (exact) mass is 340 g/mol. The molecule has 0 heterocycles. The molecule has 2 atom stereocenters. The molecule has 0 spiro atoms. The number of carbonyl (C=O) groups is 1. The molecule has 4 nitrogen and oxygen atoms in total. The number of nitrogens with two attached hydrogens (primary N) is 1. The molecule has 5 heteroatoms. The van der Waals surface area contributed by atoms with Crippen molar-refractivity contribution in [2.45, 2.75) is 38.1 Å². The molecule has 1 aliphatic carbocycles. The molecule has 1 saturated carbocycles. The minimum absolute atomic E-state index is 0.0188. The number of aliphatic hydroxyl groups excluding tert-OH is 1. The number of aliphatic hydroxyl groups is 1. The van der Waals surface area contributed by atoms with E-state index in [0.29, 0.717) is 17.2 Å². The average Bonchev–Trinajstić information content (AvgIpc) is 2.41. The van der Waals surface area contributed by atoms with Gasteiger partial charge in [0.25, 0.3) is 5.91 Å².